The van der Waals surface area contributed by atoms with E-state index in [1.165, 1.54) is 87.8 Å². The van der Waals surface area contributed by atoms with Crippen LogP contribution < -0.4 is 4.74 Å². The molecule has 0 bridgehead atoms. The van der Waals surface area contributed by atoms with E-state index in [1.807, 2.05) is 0 Å². The molecule has 0 spiro atoms. The summed E-state index contributed by atoms with van der Waals surface area (Å²) in [4.78, 5) is 0. The van der Waals surface area contributed by atoms with Crippen LogP contribution in [-0.2, 0) is 0 Å². The molecule has 4 atom stereocenters. The van der Waals surface area contributed by atoms with Crippen molar-refractivity contribution in [3.63, 3.8) is 0 Å². The van der Waals surface area contributed by atoms with Crippen molar-refractivity contribution in [1.29, 1.82) is 0 Å². The summed E-state index contributed by atoms with van der Waals surface area (Å²) in [5.74, 6) is 4.70. The lowest BCUT2D eigenvalue weighted by Gasteiger charge is -2.42. The molecule has 0 N–H and O–H groups in total. The number of hydrogen-bond acceptors (Lipinski definition) is 1. The smallest absolute Gasteiger partial charge is 0.120 e. The first kappa shape index (κ1) is 22.4. The normalized spacial score (nSPS) is 25.8. The zero-order valence-electron chi connectivity index (χ0n) is 19.7. The Kier molecular flexibility index (Phi) is 8.11. The minimum Gasteiger partial charge on any atom is -0.490 e. The summed E-state index contributed by atoms with van der Waals surface area (Å²) in [5.41, 5.74) is 1.56. The Balaban J connectivity index is 1.31. The summed E-state index contributed by atoms with van der Waals surface area (Å²) in [6.45, 7) is 6.61. The molecular formula is C30H42O. The maximum atomic E-state index is 5.70. The van der Waals surface area contributed by atoms with Gasteiger partial charge in [-0.1, -0.05) is 88.8 Å². The van der Waals surface area contributed by atoms with Crippen LogP contribution in [-0.4, -0.2) is 6.61 Å². The number of rotatable bonds is 10. The number of fused-ring (bicyclic) bond motifs is 2. The van der Waals surface area contributed by atoms with Gasteiger partial charge in [-0.15, -0.1) is 0 Å². The third kappa shape index (κ3) is 5.93. The molecule has 2 aromatic carbocycles. The molecule has 4 unspecified atom stereocenters. The molecule has 4 rings (SSSR count). The van der Waals surface area contributed by atoms with Crippen LogP contribution in [0.25, 0.3) is 10.8 Å². The standard InChI is InChI=1S/C30H42O/c1-3-5-6-7-8-9-23-10-11-25-20-26(13-12-24(25)19-23)27-14-15-29-22-30(31-18-4-2)17-16-28(29)21-27/h4,14-17,21-26H,2-3,5-13,18-20H2,1H3. The lowest BCUT2D eigenvalue weighted by Crippen LogP contribution is -2.30. The van der Waals surface area contributed by atoms with Crippen LogP contribution in [0.4, 0.5) is 0 Å². The van der Waals surface area contributed by atoms with Gasteiger partial charge in [-0.05, 0) is 84.2 Å². The largest absolute Gasteiger partial charge is 0.490 e. The molecule has 0 amide bonds. The van der Waals surface area contributed by atoms with Crippen molar-refractivity contribution in [2.24, 2.45) is 17.8 Å². The Morgan fingerprint density at radius 1 is 0.871 bits per heavy atom. The molecule has 2 aliphatic carbocycles. The first-order valence-electron chi connectivity index (χ1n) is 13.0. The Bertz CT molecular complexity index is 837. The van der Waals surface area contributed by atoms with Crippen molar-refractivity contribution in [3.8, 4) is 5.75 Å². The zero-order valence-corrected chi connectivity index (χ0v) is 19.7. The molecule has 0 heterocycles. The Hall–Kier alpha value is -1.76. The van der Waals surface area contributed by atoms with Gasteiger partial charge in [0.05, 0.1) is 0 Å². The Morgan fingerprint density at radius 3 is 2.52 bits per heavy atom. The lowest BCUT2D eigenvalue weighted by molar-refractivity contribution is 0.113. The van der Waals surface area contributed by atoms with Gasteiger partial charge in [-0.3, -0.25) is 0 Å². The van der Waals surface area contributed by atoms with Crippen LogP contribution >= 0.6 is 0 Å². The highest BCUT2D eigenvalue weighted by Crippen LogP contribution is 2.48. The monoisotopic (exact) mass is 418 g/mol. The average Bonchev–Trinajstić information content (AvgIpc) is 2.81. The van der Waals surface area contributed by atoms with Gasteiger partial charge < -0.3 is 4.74 Å². The van der Waals surface area contributed by atoms with E-state index >= 15 is 0 Å². The van der Waals surface area contributed by atoms with Crippen molar-refractivity contribution in [1.82, 2.24) is 0 Å². The number of hydrogen-bond donors (Lipinski definition) is 0. The van der Waals surface area contributed by atoms with Gasteiger partial charge in [0.25, 0.3) is 0 Å². The molecule has 168 valence electrons. The first-order valence-corrected chi connectivity index (χ1v) is 13.0. The van der Waals surface area contributed by atoms with Gasteiger partial charge in [0.1, 0.15) is 12.4 Å². The van der Waals surface area contributed by atoms with E-state index in [9.17, 15) is 0 Å². The summed E-state index contributed by atoms with van der Waals surface area (Å²) >= 11 is 0. The van der Waals surface area contributed by atoms with E-state index in [0.29, 0.717) is 6.61 Å². The van der Waals surface area contributed by atoms with Gasteiger partial charge >= 0.3 is 0 Å². The van der Waals surface area contributed by atoms with Gasteiger partial charge in [0, 0.05) is 0 Å². The van der Waals surface area contributed by atoms with Crippen molar-refractivity contribution < 1.29 is 4.74 Å². The van der Waals surface area contributed by atoms with E-state index in [4.69, 9.17) is 4.74 Å². The third-order valence-corrected chi connectivity index (χ3v) is 8.11. The molecule has 31 heavy (non-hydrogen) atoms. The molecule has 0 aliphatic heterocycles. The Labute approximate surface area is 190 Å². The van der Waals surface area contributed by atoms with Crippen LogP contribution in [0, 0.1) is 17.8 Å². The van der Waals surface area contributed by atoms with Gasteiger partial charge in [-0.25, -0.2) is 0 Å². The van der Waals surface area contributed by atoms with Crippen LogP contribution in [0.5, 0.6) is 5.75 Å². The summed E-state index contributed by atoms with van der Waals surface area (Å²) in [6.07, 6.45) is 19.2. The van der Waals surface area contributed by atoms with Crippen molar-refractivity contribution in [2.45, 2.75) is 89.9 Å². The van der Waals surface area contributed by atoms with Gasteiger partial charge in [0.15, 0.2) is 0 Å². The second-order valence-electron chi connectivity index (χ2n) is 10.3. The SMILES string of the molecule is C=CCOc1ccc2cc(C3CCC4CC(CCCCCCC)CCC4C3)ccc2c1. The fourth-order valence-corrected chi connectivity index (χ4v) is 6.33. The molecule has 0 radical (unpaired) electrons. The van der Waals surface area contributed by atoms with Crippen molar-refractivity contribution in [2.75, 3.05) is 6.61 Å². The summed E-state index contributed by atoms with van der Waals surface area (Å²) in [7, 11) is 0. The van der Waals surface area contributed by atoms with Crippen LogP contribution in [0.3, 0.4) is 0 Å². The fourth-order valence-electron chi connectivity index (χ4n) is 6.33. The van der Waals surface area contributed by atoms with E-state index in [1.54, 1.807) is 11.6 Å². The summed E-state index contributed by atoms with van der Waals surface area (Å²) in [5, 5.41) is 2.62. The quantitative estimate of drug-likeness (QED) is 0.276. The fraction of sp³-hybridized carbons (Fsp3) is 0.600. The van der Waals surface area contributed by atoms with Crippen LogP contribution in [0.15, 0.2) is 49.1 Å². The Morgan fingerprint density at radius 2 is 1.65 bits per heavy atom. The van der Waals surface area contributed by atoms with E-state index < -0.39 is 0 Å². The number of benzene rings is 2. The van der Waals surface area contributed by atoms with Crippen molar-refractivity contribution in [3.05, 3.63) is 54.6 Å². The number of unbranched alkanes of at least 4 members (excludes halogenated alkanes) is 4. The first-order chi connectivity index (χ1) is 15.3. The third-order valence-electron chi connectivity index (χ3n) is 8.11. The second kappa shape index (κ2) is 11.2. The maximum Gasteiger partial charge on any atom is 0.120 e. The molecule has 0 aromatic heterocycles. The molecular weight excluding hydrogens is 376 g/mol. The molecule has 2 fully saturated rings. The predicted molar refractivity (Wildman–Crippen MR) is 134 cm³/mol. The zero-order chi connectivity index (χ0) is 21.5. The highest BCUT2D eigenvalue weighted by Gasteiger charge is 2.35. The van der Waals surface area contributed by atoms with Crippen LogP contribution in [0.1, 0.15) is 95.5 Å². The van der Waals surface area contributed by atoms with E-state index in [2.05, 4.69) is 49.9 Å². The maximum absolute atomic E-state index is 5.70. The average molecular weight is 419 g/mol. The molecule has 2 aromatic rings. The molecule has 1 heteroatoms. The highest BCUT2D eigenvalue weighted by molar-refractivity contribution is 5.84. The predicted octanol–water partition coefficient (Wildman–Crippen LogP) is 9.07. The van der Waals surface area contributed by atoms with E-state index in [0.717, 1.165) is 29.4 Å². The minimum atomic E-state index is 0.563. The molecule has 2 saturated carbocycles. The molecule has 2 aliphatic rings. The van der Waals surface area contributed by atoms with Gasteiger partial charge in [-0.2, -0.15) is 0 Å². The summed E-state index contributed by atoms with van der Waals surface area (Å²) in [6, 6.07) is 13.6. The summed E-state index contributed by atoms with van der Waals surface area (Å²) < 4.78 is 5.70. The molecule has 0 saturated heterocycles. The number of ether oxygens (including phenoxy) is 1. The second-order valence-corrected chi connectivity index (χ2v) is 10.3. The van der Waals surface area contributed by atoms with Crippen molar-refractivity contribution >= 4 is 10.8 Å². The van der Waals surface area contributed by atoms with Gasteiger partial charge in [0.2, 0.25) is 0 Å². The minimum absolute atomic E-state index is 0.563. The van der Waals surface area contributed by atoms with E-state index in [-0.39, 0.29) is 0 Å². The lowest BCUT2D eigenvalue weighted by atomic mass is 9.63. The topological polar surface area (TPSA) is 9.23 Å². The highest BCUT2D eigenvalue weighted by atomic mass is 16.5. The molecule has 1 nitrogen and oxygen atoms in total. The van der Waals surface area contributed by atoms with Crippen LogP contribution in [0.2, 0.25) is 0 Å².